The van der Waals surface area contributed by atoms with Crippen molar-refractivity contribution in [3.05, 3.63) is 35.4 Å². The molecule has 0 spiro atoms. The fourth-order valence-electron chi connectivity index (χ4n) is 1.55. The number of halogens is 3. The van der Waals surface area contributed by atoms with Gasteiger partial charge in [-0.05, 0) is 17.4 Å². The first-order valence-corrected chi connectivity index (χ1v) is 5.30. The molecule has 0 N–H and O–H groups in total. The highest BCUT2D eigenvalue weighted by molar-refractivity contribution is 6.00. The monoisotopic (exact) mass is 244 g/mol. The molecule has 94 valence electrons. The van der Waals surface area contributed by atoms with Gasteiger partial charge in [-0.2, -0.15) is 13.2 Å². The molecule has 17 heavy (non-hydrogen) atoms. The highest BCUT2D eigenvalue weighted by atomic mass is 19.4. The highest BCUT2D eigenvalue weighted by Gasteiger charge is 2.39. The van der Waals surface area contributed by atoms with Gasteiger partial charge in [0.1, 0.15) is 0 Å². The third-order valence-electron chi connectivity index (χ3n) is 2.21. The van der Waals surface area contributed by atoms with E-state index in [9.17, 15) is 18.0 Å². The van der Waals surface area contributed by atoms with E-state index in [0.717, 1.165) is 12.0 Å². The maximum Gasteiger partial charge on any atom is 0.454 e. The van der Waals surface area contributed by atoms with Crippen molar-refractivity contribution in [2.75, 3.05) is 0 Å². The van der Waals surface area contributed by atoms with Gasteiger partial charge in [0.15, 0.2) is 0 Å². The summed E-state index contributed by atoms with van der Waals surface area (Å²) in [5.41, 5.74) is 0.682. The Morgan fingerprint density at radius 2 is 1.53 bits per heavy atom. The molecule has 1 aromatic rings. The second-order valence-electron chi connectivity index (χ2n) is 5.26. The fraction of sp³-hybridized carbons (Fsp3) is 0.462. The number of Topliss-reactive ketones (excluding diaryl/α,β-unsaturated/α-hetero) is 1. The zero-order valence-electron chi connectivity index (χ0n) is 10.1. The van der Waals surface area contributed by atoms with Gasteiger partial charge in [-0.15, -0.1) is 0 Å². The quantitative estimate of drug-likeness (QED) is 0.718. The van der Waals surface area contributed by atoms with Crippen LogP contribution in [-0.2, 0) is 6.42 Å². The molecule has 0 unspecified atom stereocenters. The standard InChI is InChI=1S/C13H15F3O/c1-12(2,3)8-9-4-6-10(7-5-9)11(17)13(14,15)16/h4-7H,8H2,1-3H3. The molecule has 0 bridgehead atoms. The zero-order chi connectivity index (χ0) is 13.3. The van der Waals surface area contributed by atoms with Crippen molar-refractivity contribution in [2.45, 2.75) is 33.4 Å². The number of hydrogen-bond acceptors (Lipinski definition) is 1. The molecule has 1 rings (SSSR count). The zero-order valence-corrected chi connectivity index (χ0v) is 10.1. The molecular weight excluding hydrogens is 229 g/mol. The molecule has 0 saturated carbocycles. The van der Waals surface area contributed by atoms with E-state index < -0.39 is 12.0 Å². The molecule has 0 atom stereocenters. The van der Waals surface area contributed by atoms with Crippen LogP contribution < -0.4 is 0 Å². The van der Waals surface area contributed by atoms with Crippen LogP contribution in [0.15, 0.2) is 24.3 Å². The molecule has 0 fully saturated rings. The Hall–Kier alpha value is -1.32. The summed E-state index contributed by atoms with van der Waals surface area (Å²) in [6, 6.07) is 5.61. The van der Waals surface area contributed by atoms with Crippen molar-refractivity contribution in [1.82, 2.24) is 0 Å². The summed E-state index contributed by atoms with van der Waals surface area (Å²) in [5, 5.41) is 0. The number of carbonyl (C=O) groups is 1. The Bertz CT molecular complexity index is 396. The summed E-state index contributed by atoms with van der Waals surface area (Å²) in [5.74, 6) is -1.79. The van der Waals surface area contributed by atoms with Gasteiger partial charge in [0, 0.05) is 5.56 Å². The minimum Gasteiger partial charge on any atom is -0.284 e. The topological polar surface area (TPSA) is 17.1 Å². The van der Waals surface area contributed by atoms with E-state index in [1.807, 2.05) is 20.8 Å². The van der Waals surface area contributed by atoms with Crippen LogP contribution in [0.3, 0.4) is 0 Å². The number of carbonyl (C=O) groups excluding carboxylic acids is 1. The first-order valence-electron chi connectivity index (χ1n) is 5.30. The average molecular weight is 244 g/mol. The van der Waals surface area contributed by atoms with E-state index in [1.165, 1.54) is 12.1 Å². The first-order chi connectivity index (χ1) is 7.59. The van der Waals surface area contributed by atoms with E-state index in [-0.39, 0.29) is 11.0 Å². The van der Waals surface area contributed by atoms with Gasteiger partial charge in [-0.25, -0.2) is 0 Å². The average Bonchev–Trinajstić information content (AvgIpc) is 2.14. The lowest BCUT2D eigenvalue weighted by Gasteiger charge is -2.18. The maximum absolute atomic E-state index is 12.2. The van der Waals surface area contributed by atoms with E-state index in [2.05, 4.69) is 0 Å². The lowest BCUT2D eigenvalue weighted by atomic mass is 9.88. The molecule has 0 aliphatic carbocycles. The van der Waals surface area contributed by atoms with Crippen LogP contribution in [0.4, 0.5) is 13.2 Å². The molecule has 0 aliphatic heterocycles. The summed E-state index contributed by atoms with van der Waals surface area (Å²) in [6.45, 7) is 6.13. The Morgan fingerprint density at radius 3 is 1.88 bits per heavy atom. The largest absolute Gasteiger partial charge is 0.454 e. The summed E-state index contributed by atoms with van der Waals surface area (Å²) in [6.07, 6.45) is -4.04. The van der Waals surface area contributed by atoms with Crippen LogP contribution in [-0.4, -0.2) is 12.0 Å². The van der Waals surface area contributed by atoms with Gasteiger partial charge in [0.05, 0.1) is 0 Å². The van der Waals surface area contributed by atoms with Crippen LogP contribution in [0.25, 0.3) is 0 Å². The number of hydrogen-bond donors (Lipinski definition) is 0. The van der Waals surface area contributed by atoms with Crippen molar-refractivity contribution >= 4 is 5.78 Å². The van der Waals surface area contributed by atoms with Crippen molar-refractivity contribution in [2.24, 2.45) is 5.41 Å². The predicted octanol–water partition coefficient (Wildman–Crippen LogP) is 4.02. The highest BCUT2D eigenvalue weighted by Crippen LogP contribution is 2.24. The second-order valence-corrected chi connectivity index (χ2v) is 5.26. The van der Waals surface area contributed by atoms with Crippen molar-refractivity contribution in [3.63, 3.8) is 0 Å². The molecular formula is C13H15F3O. The summed E-state index contributed by atoms with van der Waals surface area (Å²) in [7, 11) is 0. The van der Waals surface area contributed by atoms with Gasteiger partial charge in [-0.3, -0.25) is 4.79 Å². The number of benzene rings is 1. The Labute approximate surface area is 98.6 Å². The predicted molar refractivity (Wildman–Crippen MR) is 60.0 cm³/mol. The third-order valence-corrected chi connectivity index (χ3v) is 2.21. The van der Waals surface area contributed by atoms with Gasteiger partial charge in [0.25, 0.3) is 5.78 Å². The number of rotatable bonds is 2. The van der Waals surface area contributed by atoms with Crippen LogP contribution in [0, 0.1) is 5.41 Å². The Kier molecular flexibility index (Phi) is 3.65. The van der Waals surface area contributed by atoms with Crippen LogP contribution in [0.1, 0.15) is 36.7 Å². The SMILES string of the molecule is CC(C)(C)Cc1ccc(C(=O)C(F)(F)F)cc1. The van der Waals surface area contributed by atoms with Crippen LogP contribution in [0.2, 0.25) is 0 Å². The minimum atomic E-state index is -4.80. The summed E-state index contributed by atoms with van der Waals surface area (Å²) < 4.78 is 36.5. The molecule has 0 aliphatic rings. The van der Waals surface area contributed by atoms with Crippen molar-refractivity contribution < 1.29 is 18.0 Å². The molecule has 1 nitrogen and oxygen atoms in total. The Morgan fingerprint density at radius 1 is 1.06 bits per heavy atom. The normalized spacial score (nSPS) is 12.6. The van der Waals surface area contributed by atoms with Gasteiger partial charge in [-0.1, -0.05) is 45.0 Å². The maximum atomic E-state index is 12.2. The van der Waals surface area contributed by atoms with Gasteiger partial charge >= 0.3 is 6.18 Å². The van der Waals surface area contributed by atoms with E-state index in [4.69, 9.17) is 0 Å². The van der Waals surface area contributed by atoms with Gasteiger partial charge in [0.2, 0.25) is 0 Å². The Balaban J connectivity index is 2.86. The minimum absolute atomic E-state index is 0.0650. The molecule has 0 heterocycles. The van der Waals surface area contributed by atoms with Crippen molar-refractivity contribution in [3.8, 4) is 0 Å². The number of alkyl halides is 3. The van der Waals surface area contributed by atoms with E-state index in [1.54, 1.807) is 12.1 Å². The fourth-order valence-corrected chi connectivity index (χ4v) is 1.55. The van der Waals surface area contributed by atoms with Crippen LogP contribution >= 0.6 is 0 Å². The lowest BCUT2D eigenvalue weighted by Crippen LogP contribution is -2.22. The van der Waals surface area contributed by atoms with Gasteiger partial charge < -0.3 is 0 Å². The first kappa shape index (κ1) is 13.7. The molecule has 4 heteroatoms. The molecule has 0 amide bonds. The van der Waals surface area contributed by atoms with E-state index in [0.29, 0.717) is 0 Å². The van der Waals surface area contributed by atoms with Crippen LogP contribution in [0.5, 0.6) is 0 Å². The lowest BCUT2D eigenvalue weighted by molar-refractivity contribution is -0.0885. The second kappa shape index (κ2) is 4.51. The third kappa shape index (κ3) is 4.21. The summed E-state index contributed by atoms with van der Waals surface area (Å²) in [4.78, 5) is 10.9. The molecule has 0 radical (unpaired) electrons. The van der Waals surface area contributed by atoms with Crippen molar-refractivity contribution in [1.29, 1.82) is 0 Å². The molecule has 0 aromatic heterocycles. The molecule has 1 aromatic carbocycles. The molecule has 0 saturated heterocycles. The van der Waals surface area contributed by atoms with E-state index >= 15 is 0 Å². The summed E-state index contributed by atoms with van der Waals surface area (Å²) >= 11 is 0. The smallest absolute Gasteiger partial charge is 0.284 e. The number of ketones is 1.